The van der Waals surface area contributed by atoms with Gasteiger partial charge in [0.2, 0.25) is 0 Å². The van der Waals surface area contributed by atoms with E-state index in [1.54, 1.807) is 121 Å². The molecule has 18 heteroatoms. The Morgan fingerprint density at radius 3 is 0.663 bits per heavy atom. The second-order valence-corrected chi connectivity index (χ2v) is 30.8. The molecular formula is C86H72N8O8P2. The molecule has 0 saturated carbocycles. The number of nitrogens with zero attached hydrogens (tertiary/aromatic N) is 4. The number of aromatic nitrogens is 4. The zero-order valence-corrected chi connectivity index (χ0v) is 59.1. The first kappa shape index (κ1) is 67.8. The summed E-state index contributed by atoms with van der Waals surface area (Å²) in [6, 6.07) is 85.5. The minimum absolute atomic E-state index is 0.125. The Morgan fingerprint density at radius 1 is 0.260 bits per heavy atom. The molecule has 0 aliphatic carbocycles. The summed E-state index contributed by atoms with van der Waals surface area (Å²) in [4.78, 5) is 128. The lowest BCUT2D eigenvalue weighted by molar-refractivity contribution is 0.0930. The molecule has 0 fully saturated rings. The maximum atomic E-state index is 16.5. The van der Waals surface area contributed by atoms with Crippen LogP contribution < -0.4 is 54.1 Å². The van der Waals surface area contributed by atoms with E-state index in [1.807, 2.05) is 198 Å². The van der Waals surface area contributed by atoms with Gasteiger partial charge in [0.25, 0.3) is 45.9 Å². The molecule has 11 aromatic carbocycles. The number of nitrogens with one attached hydrogen (secondary N) is 4. The van der Waals surface area contributed by atoms with Crippen LogP contribution in [0.1, 0.15) is 161 Å². The molecule has 0 spiro atoms. The summed E-state index contributed by atoms with van der Waals surface area (Å²) in [6.45, 7) is 7.56. The molecule has 2 aromatic heterocycles. The van der Waals surface area contributed by atoms with Gasteiger partial charge < -0.3 is 21.3 Å². The summed E-state index contributed by atoms with van der Waals surface area (Å²) >= 11 is 0. The van der Waals surface area contributed by atoms with Crippen LogP contribution in [0.15, 0.2) is 310 Å². The molecule has 4 N–H and O–H groups in total. The summed E-state index contributed by atoms with van der Waals surface area (Å²) in [7, 11) is -4.71. The first-order chi connectivity index (χ1) is 50.7. The van der Waals surface area contributed by atoms with Crippen molar-refractivity contribution < 1.29 is 19.2 Å². The van der Waals surface area contributed by atoms with Crippen LogP contribution >= 0.6 is 15.8 Å². The zero-order valence-electron chi connectivity index (χ0n) is 57.3. The number of carbonyl (C=O) groups excluding carboxylic acids is 4. The van der Waals surface area contributed by atoms with Crippen LogP contribution in [-0.2, 0) is 0 Å². The van der Waals surface area contributed by atoms with Crippen LogP contribution in [0.5, 0.6) is 0 Å². The number of fused-ring (bicyclic) bond motifs is 4. The van der Waals surface area contributed by atoms with Gasteiger partial charge in [-0.15, -0.1) is 0 Å². The highest BCUT2D eigenvalue weighted by Crippen LogP contribution is 2.70. The molecule has 13 aromatic rings. The summed E-state index contributed by atoms with van der Waals surface area (Å²) in [5, 5.41) is 14.6. The molecular weight excluding hydrogens is 1330 g/mol. The lowest BCUT2D eigenvalue weighted by Gasteiger charge is -2.33. The number of benzene rings is 11. The third kappa shape index (κ3) is 12.3. The Morgan fingerprint density at radius 2 is 0.442 bits per heavy atom. The molecule has 2 unspecified atom stereocenters. The topological polar surface area (TPSA) is 204 Å². The van der Waals surface area contributed by atoms with Crippen LogP contribution in [0.2, 0.25) is 0 Å². The van der Waals surface area contributed by atoms with Gasteiger partial charge in [0, 0.05) is 22.3 Å². The van der Waals surface area contributed by atoms with Crippen molar-refractivity contribution in [2.24, 2.45) is 0 Å². The third-order valence-corrected chi connectivity index (χ3v) is 26.2. The smallest absolute Gasteiger partial charge is 0.274 e. The molecule has 2 aliphatic rings. The molecule has 4 amide bonds. The van der Waals surface area contributed by atoms with Crippen LogP contribution in [-0.4, -0.2) is 42.4 Å². The maximum Gasteiger partial charge on any atom is 0.274 e. The van der Waals surface area contributed by atoms with Crippen molar-refractivity contribution in [2.45, 2.75) is 75.0 Å². The van der Waals surface area contributed by atoms with Gasteiger partial charge in [-0.05, 0) is 147 Å². The molecule has 514 valence electrons. The van der Waals surface area contributed by atoms with Gasteiger partial charge in [0.1, 0.15) is 23.1 Å². The SMILES string of the molecule is C[C@H](NC(=O)c1ccccc1C1n2c(=O)c3ccccc3c(=O)n2[C@H](c2ccccc2C(=O)N[C@H](C)c2ccccc2)P1c1ccccc1P1[C@@H](c2ccccc2C(=O)N[C@H](C)c2ccccc2)n2c(=O)c3ccccc3c(=O)n2[C@@H]1c1ccccc1C(=O)N[C@H](C)c1ccccc1)c1ccccc1. The van der Waals surface area contributed by atoms with Crippen LogP contribution in [0.25, 0.3) is 21.5 Å². The van der Waals surface area contributed by atoms with Crippen LogP contribution in [0.4, 0.5) is 0 Å². The number of hydrogen-bond acceptors (Lipinski definition) is 8. The Balaban J connectivity index is 1.04. The summed E-state index contributed by atoms with van der Waals surface area (Å²) in [5.74, 6) is -6.70. The predicted molar refractivity (Wildman–Crippen MR) is 412 cm³/mol. The normalized spacial score (nSPS) is 17.2. The van der Waals surface area contributed by atoms with E-state index in [0.29, 0.717) is 32.9 Å². The second kappa shape index (κ2) is 28.8. The van der Waals surface area contributed by atoms with Crippen LogP contribution in [0, 0.1) is 0 Å². The first-order valence-electron chi connectivity index (χ1n) is 34.6. The van der Waals surface area contributed by atoms with E-state index < -0.39 is 109 Å². The minimum Gasteiger partial charge on any atom is -0.346 e. The van der Waals surface area contributed by atoms with Crippen molar-refractivity contribution in [3.8, 4) is 0 Å². The predicted octanol–water partition coefficient (Wildman–Crippen LogP) is 14.4. The van der Waals surface area contributed by atoms with Gasteiger partial charge in [-0.1, -0.05) is 243 Å². The van der Waals surface area contributed by atoms with E-state index in [-0.39, 0.29) is 43.8 Å². The van der Waals surface area contributed by atoms with Crippen molar-refractivity contribution in [1.29, 1.82) is 0 Å². The van der Waals surface area contributed by atoms with Crippen molar-refractivity contribution in [3.63, 3.8) is 0 Å². The Kier molecular flexibility index (Phi) is 18.8. The highest BCUT2D eigenvalue weighted by molar-refractivity contribution is 7.72. The van der Waals surface area contributed by atoms with E-state index in [2.05, 4.69) is 21.3 Å². The van der Waals surface area contributed by atoms with Gasteiger partial charge in [-0.25, -0.2) is 18.7 Å². The van der Waals surface area contributed by atoms with Gasteiger partial charge in [0.15, 0.2) is 0 Å². The highest BCUT2D eigenvalue weighted by Gasteiger charge is 2.53. The molecule has 0 radical (unpaired) electrons. The molecule has 2 aliphatic heterocycles. The zero-order chi connectivity index (χ0) is 71.9. The van der Waals surface area contributed by atoms with E-state index in [9.17, 15) is 0 Å². The van der Waals surface area contributed by atoms with Gasteiger partial charge in [-0.3, -0.25) is 38.4 Å². The molecule has 9 atom stereocenters. The summed E-state index contributed by atoms with van der Waals surface area (Å²) in [6.07, 6.45) is 0. The molecule has 16 nitrogen and oxygen atoms in total. The van der Waals surface area contributed by atoms with Gasteiger partial charge >= 0.3 is 0 Å². The van der Waals surface area contributed by atoms with Crippen molar-refractivity contribution in [3.05, 3.63) is 399 Å². The van der Waals surface area contributed by atoms with E-state index in [1.165, 1.54) is 18.7 Å². The number of hydrogen-bond donors (Lipinski definition) is 4. The quantitative estimate of drug-likeness (QED) is 0.0607. The first-order valence-corrected chi connectivity index (χ1v) is 37.6. The van der Waals surface area contributed by atoms with Crippen molar-refractivity contribution in [2.75, 3.05) is 0 Å². The second-order valence-electron chi connectivity index (χ2n) is 26.3. The molecule has 0 bridgehead atoms. The fraction of sp³-hybridized carbons (Fsp3) is 0.140. The van der Waals surface area contributed by atoms with Crippen LogP contribution in [0.3, 0.4) is 0 Å². The number of amides is 4. The molecule has 104 heavy (non-hydrogen) atoms. The standard InChI is InChI=1S/C86H72N8O8P2/c1-53(57-31-9-5-10-32-57)87-75(95)61-39-17-25-47-69(61)83-91-79(99)65-43-21-22-44-66(65)80(100)92(91)84(70-48-26-18-40-62(70)76(96)88-54(2)58-33-11-6-12-34-58)103(83)73-51-29-30-52-74(73)104-85(71-49-27-19-41-63(71)77(97)89-55(3)59-35-13-7-14-36-59)93-81(101)67-45-23-24-46-68(67)82(102)94(93)86(104)72-50-28-20-42-64(72)78(98)90-56(4)60-37-15-8-16-38-60/h5-56,83-86H,1-4H3,(H,87,95)(H,88,96)(H,89,97)(H,90,98)/t53-,54-,55-,56+,83+,84+,85+,86?,104?/m1/s1. The molecule has 0 saturated heterocycles. The van der Waals surface area contributed by atoms with Crippen molar-refractivity contribution >= 4 is 71.6 Å². The maximum absolute atomic E-state index is 16.5. The largest absolute Gasteiger partial charge is 0.346 e. The average Bonchev–Trinajstić information content (AvgIpc) is 1.54. The Bertz CT molecular complexity index is 5070. The summed E-state index contributed by atoms with van der Waals surface area (Å²) in [5.41, 5.74) is 3.59. The van der Waals surface area contributed by atoms with Gasteiger partial charge in [0.05, 0.1) is 45.7 Å². The Hall–Kier alpha value is -12.0. The summed E-state index contributed by atoms with van der Waals surface area (Å²) < 4.78 is 5.95. The number of carbonyl (C=O) groups is 4. The number of rotatable bonds is 18. The monoisotopic (exact) mass is 1410 g/mol. The molecule has 4 heterocycles. The lowest BCUT2D eigenvalue weighted by atomic mass is 10.0. The van der Waals surface area contributed by atoms with Crippen molar-refractivity contribution in [1.82, 2.24) is 40.0 Å². The van der Waals surface area contributed by atoms with Gasteiger partial charge in [-0.2, -0.15) is 0 Å². The minimum atomic E-state index is -2.35. The highest BCUT2D eigenvalue weighted by atomic mass is 31.1. The average molecular weight is 1410 g/mol. The lowest BCUT2D eigenvalue weighted by Crippen LogP contribution is -2.38. The Labute approximate surface area is 601 Å². The van der Waals surface area contributed by atoms with E-state index in [0.717, 1.165) is 22.3 Å². The third-order valence-electron chi connectivity index (χ3n) is 20.0. The van der Waals surface area contributed by atoms with E-state index in [4.69, 9.17) is 0 Å². The fourth-order valence-corrected chi connectivity index (χ4v) is 22.3. The van der Waals surface area contributed by atoms with E-state index >= 15 is 38.4 Å². The molecule has 15 rings (SSSR count). The fourth-order valence-electron chi connectivity index (χ4n) is 14.9.